The number of pyridine rings is 1. The van der Waals surface area contributed by atoms with Crippen LogP contribution in [0.5, 0.6) is 0 Å². The van der Waals surface area contributed by atoms with E-state index < -0.39 is 0 Å². The fourth-order valence-corrected chi connectivity index (χ4v) is 3.26. The van der Waals surface area contributed by atoms with Crippen LogP contribution in [0.15, 0.2) is 34.8 Å². The Hall–Kier alpha value is -1.62. The highest BCUT2D eigenvalue weighted by molar-refractivity contribution is 14.0. The summed E-state index contributed by atoms with van der Waals surface area (Å²) in [7, 11) is 3.96. The topological polar surface area (TPSA) is 73.9 Å². The Bertz CT molecular complexity index is 682. The third-order valence-corrected chi connectivity index (χ3v) is 4.78. The van der Waals surface area contributed by atoms with Gasteiger partial charge in [0.05, 0.1) is 12.2 Å². The lowest BCUT2D eigenvalue weighted by atomic mass is 10.3. The Labute approximate surface area is 169 Å². The second-order valence-corrected chi connectivity index (χ2v) is 6.72. The maximum Gasteiger partial charge on any atom is 0.191 e. The summed E-state index contributed by atoms with van der Waals surface area (Å²) in [5, 5.41) is 3.08. The number of hydrogen-bond donors (Lipinski definition) is 1. The van der Waals surface area contributed by atoms with Gasteiger partial charge in [0, 0.05) is 51.9 Å². The van der Waals surface area contributed by atoms with Gasteiger partial charge in [0.25, 0.3) is 0 Å². The lowest BCUT2D eigenvalue weighted by Gasteiger charge is -2.35. The molecular formula is C16H24IN7S. The summed E-state index contributed by atoms with van der Waals surface area (Å²) in [4.78, 5) is 19.8. The normalized spacial score (nSPS) is 15.0. The molecule has 3 heterocycles. The average molecular weight is 473 g/mol. The van der Waals surface area contributed by atoms with Crippen molar-refractivity contribution in [3.8, 4) is 0 Å². The molecule has 1 aliphatic heterocycles. The van der Waals surface area contributed by atoms with Crippen LogP contribution in [0.25, 0.3) is 0 Å². The number of nitrogens with two attached hydrogens (primary N) is 1. The molecule has 1 aliphatic rings. The van der Waals surface area contributed by atoms with Crippen LogP contribution in [-0.2, 0) is 6.54 Å². The number of thiazole rings is 1. The molecule has 0 aliphatic carbocycles. The molecule has 1 fully saturated rings. The van der Waals surface area contributed by atoms with Crippen molar-refractivity contribution < 1.29 is 0 Å². The van der Waals surface area contributed by atoms with Crippen molar-refractivity contribution in [3.05, 3.63) is 35.5 Å². The first-order valence-electron chi connectivity index (χ1n) is 7.96. The van der Waals surface area contributed by atoms with Crippen molar-refractivity contribution in [1.29, 1.82) is 0 Å². The van der Waals surface area contributed by atoms with Gasteiger partial charge in [0.15, 0.2) is 11.1 Å². The predicted octanol–water partition coefficient (Wildman–Crippen LogP) is 1.86. The van der Waals surface area contributed by atoms with Crippen LogP contribution >= 0.6 is 35.3 Å². The Kier molecular flexibility index (Phi) is 7.24. The lowest BCUT2D eigenvalue weighted by Crippen LogP contribution is -2.51. The van der Waals surface area contributed by atoms with Gasteiger partial charge in [-0.3, -0.25) is 0 Å². The van der Waals surface area contributed by atoms with E-state index in [2.05, 4.69) is 24.8 Å². The maximum absolute atomic E-state index is 6.16. The highest BCUT2D eigenvalue weighted by Crippen LogP contribution is 2.18. The zero-order valence-electron chi connectivity index (χ0n) is 14.5. The van der Waals surface area contributed by atoms with Gasteiger partial charge in [-0.2, -0.15) is 0 Å². The highest BCUT2D eigenvalue weighted by Gasteiger charge is 2.19. The summed E-state index contributed by atoms with van der Waals surface area (Å²) < 4.78 is 0. The summed E-state index contributed by atoms with van der Waals surface area (Å²) in [6.45, 7) is 4.05. The smallest absolute Gasteiger partial charge is 0.191 e. The first kappa shape index (κ1) is 19.7. The van der Waals surface area contributed by atoms with Gasteiger partial charge < -0.3 is 20.4 Å². The molecule has 0 atom stereocenters. The number of aliphatic imine (C=N–C) groups is 1. The van der Waals surface area contributed by atoms with Crippen LogP contribution in [0.2, 0.25) is 0 Å². The largest absolute Gasteiger partial charge is 0.370 e. The molecule has 2 aromatic rings. The molecule has 2 N–H and O–H groups in total. The zero-order valence-corrected chi connectivity index (χ0v) is 17.6. The fourth-order valence-electron chi connectivity index (χ4n) is 2.56. The van der Waals surface area contributed by atoms with Crippen molar-refractivity contribution in [1.82, 2.24) is 14.9 Å². The first-order valence-corrected chi connectivity index (χ1v) is 8.84. The number of nitrogens with zero attached hydrogens (tertiary/aromatic N) is 6. The summed E-state index contributed by atoms with van der Waals surface area (Å²) in [6, 6.07) is 5.95. The first-order chi connectivity index (χ1) is 11.6. The molecule has 0 saturated carbocycles. The minimum Gasteiger partial charge on any atom is -0.370 e. The Morgan fingerprint density at radius 1 is 1.28 bits per heavy atom. The van der Waals surface area contributed by atoms with Crippen LogP contribution in [0.1, 0.15) is 5.69 Å². The monoisotopic (exact) mass is 473 g/mol. The van der Waals surface area contributed by atoms with Crippen molar-refractivity contribution in [2.24, 2.45) is 10.7 Å². The third kappa shape index (κ3) is 5.18. The number of piperazine rings is 1. The molecule has 7 nitrogen and oxygen atoms in total. The number of halogens is 1. The van der Waals surface area contributed by atoms with E-state index in [4.69, 9.17) is 5.73 Å². The number of anilines is 2. The Balaban J connectivity index is 0.00000225. The van der Waals surface area contributed by atoms with Gasteiger partial charge in [-0.25, -0.2) is 15.0 Å². The number of guanidine groups is 1. The van der Waals surface area contributed by atoms with E-state index in [1.54, 1.807) is 11.3 Å². The summed E-state index contributed by atoms with van der Waals surface area (Å²) >= 11 is 1.67. The molecule has 9 heteroatoms. The number of aromatic nitrogens is 2. The molecule has 0 unspecified atom stereocenters. The fraction of sp³-hybridized carbons (Fsp3) is 0.438. The maximum atomic E-state index is 6.16. The van der Waals surface area contributed by atoms with Crippen molar-refractivity contribution in [2.75, 3.05) is 50.1 Å². The molecule has 0 bridgehead atoms. The summed E-state index contributed by atoms with van der Waals surface area (Å²) in [6.07, 6.45) is 1.84. The van der Waals surface area contributed by atoms with Crippen LogP contribution in [0, 0.1) is 0 Å². The summed E-state index contributed by atoms with van der Waals surface area (Å²) in [5.74, 6) is 1.52. The predicted molar refractivity (Wildman–Crippen MR) is 115 cm³/mol. The van der Waals surface area contributed by atoms with E-state index in [1.165, 1.54) is 0 Å². The molecule has 1 saturated heterocycles. The Morgan fingerprint density at radius 3 is 2.68 bits per heavy atom. The van der Waals surface area contributed by atoms with Gasteiger partial charge in [0.2, 0.25) is 0 Å². The molecule has 25 heavy (non-hydrogen) atoms. The zero-order chi connectivity index (χ0) is 16.9. The van der Waals surface area contributed by atoms with Gasteiger partial charge >= 0.3 is 0 Å². The number of hydrogen-bond acceptors (Lipinski definition) is 6. The van der Waals surface area contributed by atoms with Gasteiger partial charge in [-0.1, -0.05) is 6.07 Å². The minimum absolute atomic E-state index is 0. The Morgan fingerprint density at radius 2 is 2.04 bits per heavy atom. The molecule has 2 aromatic heterocycles. The molecule has 0 aromatic carbocycles. The molecule has 136 valence electrons. The van der Waals surface area contributed by atoms with Crippen molar-refractivity contribution >= 4 is 52.2 Å². The quantitative estimate of drug-likeness (QED) is 0.415. The second-order valence-electron chi connectivity index (χ2n) is 5.84. The number of rotatable bonds is 4. The van der Waals surface area contributed by atoms with Crippen molar-refractivity contribution in [2.45, 2.75) is 6.54 Å². The summed E-state index contributed by atoms with van der Waals surface area (Å²) in [5.41, 5.74) is 7.09. The molecule has 3 rings (SSSR count). The van der Waals surface area contributed by atoms with E-state index in [0.717, 1.165) is 42.8 Å². The molecule has 0 radical (unpaired) electrons. The van der Waals surface area contributed by atoms with Gasteiger partial charge in [-0.05, 0) is 12.1 Å². The third-order valence-electron chi connectivity index (χ3n) is 3.95. The van der Waals surface area contributed by atoms with E-state index >= 15 is 0 Å². The van der Waals surface area contributed by atoms with Crippen LogP contribution in [0.4, 0.5) is 10.9 Å². The molecular weight excluding hydrogens is 449 g/mol. The van der Waals surface area contributed by atoms with Crippen LogP contribution < -0.4 is 15.5 Å². The molecule has 0 amide bonds. The van der Waals surface area contributed by atoms with E-state index in [0.29, 0.717) is 12.5 Å². The van der Waals surface area contributed by atoms with E-state index in [-0.39, 0.29) is 24.0 Å². The van der Waals surface area contributed by atoms with Crippen LogP contribution in [-0.4, -0.2) is 61.1 Å². The highest BCUT2D eigenvalue weighted by atomic mass is 127. The average Bonchev–Trinajstić information content (AvgIpc) is 3.14. The van der Waals surface area contributed by atoms with Crippen molar-refractivity contribution in [3.63, 3.8) is 0 Å². The van der Waals surface area contributed by atoms with E-state index in [1.807, 2.05) is 48.8 Å². The van der Waals surface area contributed by atoms with E-state index in [9.17, 15) is 0 Å². The van der Waals surface area contributed by atoms with Gasteiger partial charge in [-0.15, -0.1) is 35.3 Å². The SMILES string of the molecule is CN(C)c1cccc(CN=C(N)N2CCN(c3nccs3)CC2)n1.I. The minimum atomic E-state index is 0. The standard InChI is InChI=1S/C16H23N7S.HI/c1-21(2)14-5-3-4-13(20-14)12-19-15(17)22-7-9-23(10-8-22)16-18-6-11-24-16;/h3-6,11H,7-10,12H2,1-2H3,(H2,17,19);1H. The lowest BCUT2D eigenvalue weighted by molar-refractivity contribution is 0.380. The van der Waals surface area contributed by atoms with Gasteiger partial charge in [0.1, 0.15) is 5.82 Å². The van der Waals surface area contributed by atoms with Crippen LogP contribution in [0.3, 0.4) is 0 Å². The second kappa shape index (κ2) is 9.18. The molecule has 0 spiro atoms.